The van der Waals surface area contributed by atoms with Gasteiger partial charge in [-0.3, -0.25) is 10.1 Å². The molecule has 1 N–H and O–H groups in total. The molecule has 12 heteroatoms. The van der Waals surface area contributed by atoms with E-state index in [1.807, 2.05) is 30.3 Å². The highest BCUT2D eigenvalue weighted by Crippen LogP contribution is 2.38. The van der Waals surface area contributed by atoms with Gasteiger partial charge < -0.3 is 5.32 Å². The van der Waals surface area contributed by atoms with E-state index < -0.39 is 37.3 Å². The number of sulfone groups is 1. The molecule has 0 bridgehead atoms. The van der Waals surface area contributed by atoms with Crippen molar-refractivity contribution < 1.29 is 26.5 Å². The Morgan fingerprint density at radius 3 is 2.47 bits per heavy atom. The molecule has 0 aliphatic rings. The van der Waals surface area contributed by atoms with E-state index in [0.29, 0.717) is 6.07 Å². The fourth-order valence-corrected chi connectivity index (χ4v) is 3.95. The third-order valence-corrected chi connectivity index (χ3v) is 6.21. The monoisotopic (exact) mass is 440 g/mol. The molecule has 0 spiro atoms. The van der Waals surface area contributed by atoms with Gasteiger partial charge in [0.1, 0.15) is 12.1 Å². The summed E-state index contributed by atoms with van der Waals surface area (Å²) in [5, 5.41) is 9.69. The maximum absolute atomic E-state index is 13.7. The molecule has 0 aliphatic heterocycles. The second-order valence-corrected chi connectivity index (χ2v) is 8.41. The third-order valence-electron chi connectivity index (χ3n) is 4.40. The van der Waals surface area contributed by atoms with Crippen LogP contribution in [-0.2, 0) is 9.84 Å². The second kappa shape index (κ2) is 7.86. The van der Waals surface area contributed by atoms with Crippen LogP contribution in [0.3, 0.4) is 0 Å². The average molecular weight is 440 g/mol. The molecule has 1 aromatic heterocycles. The van der Waals surface area contributed by atoms with Crippen molar-refractivity contribution in [3.05, 3.63) is 64.5 Å². The lowest BCUT2D eigenvalue weighted by molar-refractivity contribution is -0.387. The first-order chi connectivity index (χ1) is 14.1. The summed E-state index contributed by atoms with van der Waals surface area (Å²) in [6.07, 6.45) is 1.05. The fraction of sp³-hybridized carbons (Fsp3) is 0.222. The normalized spacial score (nSPS) is 13.2. The minimum absolute atomic E-state index is 0.0505. The van der Waals surface area contributed by atoms with E-state index in [0.717, 1.165) is 18.0 Å². The predicted octanol–water partition coefficient (Wildman–Crippen LogP) is 4.05. The molecule has 0 aliphatic carbocycles. The molecule has 1 unspecified atom stereocenters. The van der Waals surface area contributed by atoms with Crippen LogP contribution in [-0.4, -0.2) is 35.2 Å². The first kappa shape index (κ1) is 21.4. The van der Waals surface area contributed by atoms with Crippen molar-refractivity contribution in [1.29, 1.82) is 0 Å². The van der Waals surface area contributed by atoms with E-state index >= 15 is 0 Å². The minimum atomic E-state index is -5.67. The van der Waals surface area contributed by atoms with Crippen LogP contribution in [0.1, 0.15) is 18.5 Å². The van der Waals surface area contributed by atoms with Crippen LogP contribution in [0, 0.1) is 10.1 Å². The zero-order valence-corrected chi connectivity index (χ0v) is 16.2. The number of fused-ring (bicyclic) bond motifs is 1. The Morgan fingerprint density at radius 2 is 1.87 bits per heavy atom. The van der Waals surface area contributed by atoms with Gasteiger partial charge in [-0.25, -0.2) is 22.8 Å². The van der Waals surface area contributed by atoms with E-state index in [2.05, 4.69) is 15.3 Å². The van der Waals surface area contributed by atoms with Gasteiger partial charge in [-0.15, -0.1) is 0 Å². The van der Waals surface area contributed by atoms with E-state index in [1.165, 1.54) is 0 Å². The topological polar surface area (TPSA) is 115 Å². The van der Waals surface area contributed by atoms with Crippen molar-refractivity contribution in [2.75, 3.05) is 12.0 Å². The molecular formula is C18H15F3N4O4S. The van der Waals surface area contributed by atoms with Crippen LogP contribution < -0.4 is 5.32 Å². The lowest BCUT2D eigenvalue weighted by atomic mass is 10.1. The molecule has 0 saturated heterocycles. The second-order valence-electron chi connectivity index (χ2n) is 6.37. The molecule has 8 nitrogen and oxygen atoms in total. The number of hydrogen-bond acceptors (Lipinski definition) is 7. The predicted molar refractivity (Wildman–Crippen MR) is 103 cm³/mol. The number of alkyl halides is 3. The lowest BCUT2D eigenvalue weighted by Gasteiger charge is -2.17. The summed E-state index contributed by atoms with van der Waals surface area (Å²) in [6, 6.07) is 10.3. The number of nitro benzene ring substituents is 1. The van der Waals surface area contributed by atoms with Crippen LogP contribution in [0.5, 0.6) is 0 Å². The Bertz CT molecular complexity index is 1210. The fourth-order valence-electron chi connectivity index (χ4n) is 2.81. The molecule has 158 valence electrons. The summed E-state index contributed by atoms with van der Waals surface area (Å²) >= 11 is 0. The smallest absolute Gasteiger partial charge is 0.363 e. The van der Waals surface area contributed by atoms with Crippen molar-refractivity contribution in [2.45, 2.75) is 23.1 Å². The van der Waals surface area contributed by atoms with Gasteiger partial charge in [-0.2, -0.15) is 8.78 Å². The molecule has 1 atom stereocenters. The SMILES string of the molecule is CC(Nc1ncnc2cc(S(=O)(=O)C(F)(F)CF)c([N+](=O)[O-])cc12)c1ccccc1. The largest absolute Gasteiger partial charge is 0.377 e. The Morgan fingerprint density at radius 1 is 1.20 bits per heavy atom. The summed E-state index contributed by atoms with van der Waals surface area (Å²) in [6.45, 7) is -0.714. The summed E-state index contributed by atoms with van der Waals surface area (Å²) in [5.41, 5.74) is -0.381. The van der Waals surface area contributed by atoms with E-state index in [4.69, 9.17) is 0 Å². The highest BCUT2D eigenvalue weighted by atomic mass is 32.2. The van der Waals surface area contributed by atoms with Crippen LogP contribution >= 0.6 is 0 Å². The van der Waals surface area contributed by atoms with Crippen LogP contribution in [0.2, 0.25) is 0 Å². The molecule has 2 aromatic carbocycles. The minimum Gasteiger partial charge on any atom is -0.363 e. The van der Waals surface area contributed by atoms with Gasteiger partial charge in [0.2, 0.25) is 0 Å². The molecule has 0 saturated carbocycles. The molecule has 3 aromatic rings. The standard InChI is InChI=1S/C18H15F3N4O4S/c1-11(12-5-3-2-4-6-12)24-17-13-7-15(25(26)27)16(8-14(13)22-10-23-17)30(28,29)18(20,21)9-19/h2-8,10-11H,9H2,1H3,(H,22,23,24). The number of anilines is 1. The highest BCUT2D eigenvalue weighted by Gasteiger charge is 2.49. The third kappa shape index (κ3) is 3.77. The first-order valence-electron chi connectivity index (χ1n) is 8.51. The van der Waals surface area contributed by atoms with Crippen molar-refractivity contribution in [3.63, 3.8) is 0 Å². The lowest BCUT2D eigenvalue weighted by Crippen LogP contribution is -2.31. The van der Waals surface area contributed by atoms with E-state index in [9.17, 15) is 31.7 Å². The maximum Gasteiger partial charge on any atom is 0.377 e. The van der Waals surface area contributed by atoms with Crippen LogP contribution in [0.15, 0.2) is 53.7 Å². The van der Waals surface area contributed by atoms with E-state index in [-0.39, 0.29) is 22.8 Å². The number of aromatic nitrogens is 2. The van der Waals surface area contributed by atoms with E-state index in [1.54, 1.807) is 6.92 Å². The Balaban J connectivity index is 2.17. The highest BCUT2D eigenvalue weighted by molar-refractivity contribution is 7.92. The molecule has 3 rings (SSSR count). The average Bonchev–Trinajstić information content (AvgIpc) is 2.73. The van der Waals surface area contributed by atoms with Gasteiger partial charge in [0.15, 0.2) is 11.6 Å². The molecular weight excluding hydrogens is 425 g/mol. The van der Waals surface area contributed by atoms with Gasteiger partial charge in [0.05, 0.1) is 10.4 Å². The van der Waals surface area contributed by atoms with Gasteiger partial charge in [-0.05, 0) is 18.6 Å². The van der Waals surface area contributed by atoms with Gasteiger partial charge >= 0.3 is 5.25 Å². The summed E-state index contributed by atoms with van der Waals surface area (Å²) < 4.78 is 64.3. The van der Waals surface area contributed by atoms with Crippen molar-refractivity contribution in [1.82, 2.24) is 9.97 Å². The first-order valence-corrected chi connectivity index (χ1v) is 10.00. The molecule has 0 amide bonds. The Kier molecular flexibility index (Phi) is 5.61. The Hall–Kier alpha value is -3.28. The Labute approximate surface area is 168 Å². The number of benzene rings is 2. The molecule has 0 fully saturated rings. The summed E-state index contributed by atoms with van der Waals surface area (Å²) in [5.74, 6) is 0.139. The number of nitrogens with one attached hydrogen (secondary N) is 1. The summed E-state index contributed by atoms with van der Waals surface area (Å²) in [7, 11) is -5.67. The molecule has 0 radical (unpaired) electrons. The summed E-state index contributed by atoms with van der Waals surface area (Å²) in [4.78, 5) is 16.8. The van der Waals surface area contributed by atoms with Crippen LogP contribution in [0.4, 0.5) is 24.7 Å². The van der Waals surface area contributed by atoms with Gasteiger partial charge in [-0.1, -0.05) is 30.3 Å². The van der Waals surface area contributed by atoms with Crippen molar-refractivity contribution >= 4 is 32.2 Å². The van der Waals surface area contributed by atoms with Crippen molar-refractivity contribution in [2.24, 2.45) is 0 Å². The molecule has 1 heterocycles. The number of nitro groups is 1. The zero-order valence-electron chi connectivity index (χ0n) is 15.4. The quantitative estimate of drug-likeness (QED) is 0.435. The van der Waals surface area contributed by atoms with Gasteiger partial charge in [0, 0.05) is 17.5 Å². The number of halogens is 3. The molecule has 30 heavy (non-hydrogen) atoms. The van der Waals surface area contributed by atoms with Crippen LogP contribution in [0.25, 0.3) is 10.9 Å². The number of rotatable bonds is 7. The van der Waals surface area contributed by atoms with Gasteiger partial charge in [0.25, 0.3) is 15.5 Å². The number of nitrogens with zero attached hydrogens (tertiary/aromatic N) is 3. The number of hydrogen-bond donors (Lipinski definition) is 1. The van der Waals surface area contributed by atoms with Crippen molar-refractivity contribution in [3.8, 4) is 0 Å². The zero-order chi connectivity index (χ0) is 22.1. The maximum atomic E-state index is 13.7.